The third-order valence-corrected chi connectivity index (χ3v) is 3.75. The Morgan fingerprint density at radius 3 is 2.95 bits per heavy atom. The number of aromatic nitrogens is 1. The van der Waals surface area contributed by atoms with Gasteiger partial charge in [0.15, 0.2) is 0 Å². The summed E-state index contributed by atoms with van der Waals surface area (Å²) in [6.07, 6.45) is 1.67. The molecule has 5 heteroatoms. The third-order valence-electron chi connectivity index (χ3n) is 2.60. The summed E-state index contributed by atoms with van der Waals surface area (Å²) >= 11 is 1.36. The molecule has 0 aliphatic carbocycles. The van der Waals surface area contributed by atoms with Crippen molar-refractivity contribution in [3.05, 3.63) is 45.3 Å². The highest BCUT2D eigenvalue weighted by Gasteiger charge is 2.12. The van der Waals surface area contributed by atoms with Crippen LogP contribution in [0.4, 0.5) is 5.82 Å². The molecule has 20 heavy (non-hydrogen) atoms. The first-order valence-electron chi connectivity index (χ1n) is 6.13. The topological polar surface area (TPSA) is 68.0 Å². The summed E-state index contributed by atoms with van der Waals surface area (Å²) in [7, 11) is 0. The van der Waals surface area contributed by atoms with Crippen LogP contribution >= 0.6 is 11.3 Å². The van der Waals surface area contributed by atoms with Crippen LogP contribution in [0.25, 0.3) is 0 Å². The zero-order valence-electron chi connectivity index (χ0n) is 11.4. The fourth-order valence-electron chi connectivity index (χ4n) is 1.63. The van der Waals surface area contributed by atoms with Gasteiger partial charge in [-0.3, -0.25) is 4.79 Å². The molecule has 0 unspecified atom stereocenters. The Labute approximate surface area is 122 Å². The van der Waals surface area contributed by atoms with Gasteiger partial charge in [0.25, 0.3) is 5.91 Å². The number of nitrogens with zero attached hydrogens (tertiary/aromatic N) is 1. The van der Waals surface area contributed by atoms with Crippen LogP contribution in [0, 0.1) is 25.7 Å². The first kappa shape index (κ1) is 14.3. The first-order valence-corrected chi connectivity index (χ1v) is 6.95. The Kier molecular flexibility index (Phi) is 4.51. The van der Waals surface area contributed by atoms with E-state index >= 15 is 0 Å². The lowest BCUT2D eigenvalue weighted by Gasteiger charge is -2.02. The lowest BCUT2D eigenvalue weighted by atomic mass is 10.2. The summed E-state index contributed by atoms with van der Waals surface area (Å²) in [5.41, 5.74) is 7.39. The predicted molar refractivity (Wildman–Crippen MR) is 81.9 cm³/mol. The quantitative estimate of drug-likeness (QED) is 0.832. The zero-order valence-corrected chi connectivity index (χ0v) is 12.2. The van der Waals surface area contributed by atoms with Crippen LogP contribution in [0.3, 0.4) is 0 Å². The van der Waals surface area contributed by atoms with Gasteiger partial charge in [-0.2, -0.15) is 0 Å². The van der Waals surface area contributed by atoms with Gasteiger partial charge < -0.3 is 11.1 Å². The van der Waals surface area contributed by atoms with Crippen molar-refractivity contribution < 1.29 is 4.79 Å². The van der Waals surface area contributed by atoms with Gasteiger partial charge in [-0.1, -0.05) is 11.8 Å². The van der Waals surface area contributed by atoms with Crippen molar-refractivity contribution in [2.24, 2.45) is 5.73 Å². The second-order valence-corrected chi connectivity index (χ2v) is 5.35. The van der Waals surface area contributed by atoms with Gasteiger partial charge in [-0.25, -0.2) is 4.98 Å². The number of hydrogen-bond donors (Lipinski definition) is 2. The van der Waals surface area contributed by atoms with E-state index in [1.165, 1.54) is 11.3 Å². The molecule has 0 bridgehead atoms. The SMILES string of the molecule is Cc1ccnc(NC(=O)c2cc(C)c(C#CCN)s2)c1. The molecule has 0 spiro atoms. The van der Waals surface area contributed by atoms with E-state index in [-0.39, 0.29) is 5.91 Å². The summed E-state index contributed by atoms with van der Waals surface area (Å²) in [5, 5.41) is 2.78. The Bertz CT molecular complexity index is 695. The second kappa shape index (κ2) is 6.33. The summed E-state index contributed by atoms with van der Waals surface area (Å²) in [4.78, 5) is 17.8. The van der Waals surface area contributed by atoms with E-state index in [0.29, 0.717) is 17.2 Å². The highest BCUT2D eigenvalue weighted by atomic mass is 32.1. The number of nitrogens with one attached hydrogen (secondary N) is 1. The minimum absolute atomic E-state index is 0.169. The monoisotopic (exact) mass is 285 g/mol. The molecule has 0 aromatic carbocycles. The molecule has 0 atom stereocenters. The smallest absolute Gasteiger partial charge is 0.266 e. The molecule has 4 nitrogen and oxygen atoms in total. The minimum atomic E-state index is -0.169. The molecule has 2 heterocycles. The number of rotatable bonds is 2. The largest absolute Gasteiger partial charge is 0.320 e. The minimum Gasteiger partial charge on any atom is -0.320 e. The van der Waals surface area contributed by atoms with E-state index in [2.05, 4.69) is 22.1 Å². The van der Waals surface area contributed by atoms with Crippen molar-refractivity contribution >= 4 is 23.1 Å². The highest BCUT2D eigenvalue weighted by Crippen LogP contribution is 2.22. The maximum Gasteiger partial charge on any atom is 0.266 e. The van der Waals surface area contributed by atoms with Crippen molar-refractivity contribution in [1.82, 2.24) is 4.98 Å². The summed E-state index contributed by atoms with van der Waals surface area (Å²) in [5.74, 6) is 6.15. The molecule has 0 saturated heterocycles. The number of anilines is 1. The van der Waals surface area contributed by atoms with E-state index in [0.717, 1.165) is 16.0 Å². The number of aryl methyl sites for hydroxylation is 2. The average Bonchev–Trinajstić information content (AvgIpc) is 2.78. The molecule has 3 N–H and O–H groups in total. The molecule has 0 aliphatic heterocycles. The summed E-state index contributed by atoms with van der Waals surface area (Å²) < 4.78 is 0. The van der Waals surface area contributed by atoms with Crippen LogP contribution in [0.2, 0.25) is 0 Å². The van der Waals surface area contributed by atoms with Crippen LogP contribution in [-0.4, -0.2) is 17.4 Å². The van der Waals surface area contributed by atoms with E-state index in [4.69, 9.17) is 5.73 Å². The van der Waals surface area contributed by atoms with E-state index < -0.39 is 0 Å². The van der Waals surface area contributed by atoms with Crippen LogP contribution < -0.4 is 11.1 Å². The van der Waals surface area contributed by atoms with Gasteiger partial charge in [0.05, 0.1) is 16.3 Å². The lowest BCUT2D eigenvalue weighted by molar-refractivity contribution is 0.103. The van der Waals surface area contributed by atoms with Crippen molar-refractivity contribution in [2.45, 2.75) is 13.8 Å². The normalized spacial score (nSPS) is 9.75. The lowest BCUT2D eigenvalue weighted by Crippen LogP contribution is -2.11. The third kappa shape index (κ3) is 3.44. The number of carbonyl (C=O) groups excluding carboxylic acids is 1. The predicted octanol–water partition coefficient (Wildman–Crippen LogP) is 2.32. The number of nitrogens with two attached hydrogens (primary N) is 1. The van der Waals surface area contributed by atoms with Crippen molar-refractivity contribution in [3.8, 4) is 11.8 Å². The van der Waals surface area contributed by atoms with Gasteiger partial charge >= 0.3 is 0 Å². The maximum atomic E-state index is 12.2. The molecule has 2 rings (SSSR count). The fraction of sp³-hybridized carbons (Fsp3) is 0.200. The molecule has 0 radical (unpaired) electrons. The standard InChI is InChI=1S/C15H15N3OS/c1-10-5-7-17-14(8-10)18-15(19)13-9-11(2)12(20-13)4-3-6-16/h5,7-9H,6,16H2,1-2H3,(H,17,18,19). The van der Waals surface area contributed by atoms with Crippen molar-refractivity contribution in [1.29, 1.82) is 0 Å². The molecule has 102 valence electrons. The molecule has 0 saturated carbocycles. The molecule has 0 fully saturated rings. The number of amides is 1. The van der Waals surface area contributed by atoms with Crippen LogP contribution in [0.1, 0.15) is 25.7 Å². The summed E-state index contributed by atoms with van der Waals surface area (Å²) in [6.45, 7) is 4.19. The Hall–Kier alpha value is -2.16. The van der Waals surface area contributed by atoms with Gasteiger partial charge in [0, 0.05) is 6.20 Å². The molecular weight excluding hydrogens is 270 g/mol. The first-order chi connectivity index (χ1) is 9.60. The number of hydrogen-bond acceptors (Lipinski definition) is 4. The fourth-order valence-corrected chi connectivity index (χ4v) is 2.57. The van der Waals surface area contributed by atoms with Crippen molar-refractivity contribution in [2.75, 3.05) is 11.9 Å². The summed E-state index contributed by atoms with van der Waals surface area (Å²) in [6, 6.07) is 5.54. The number of thiophene rings is 1. The molecule has 2 aromatic rings. The molecule has 2 aromatic heterocycles. The molecular formula is C15H15N3OS. The van der Waals surface area contributed by atoms with E-state index in [1.807, 2.05) is 32.0 Å². The van der Waals surface area contributed by atoms with Crippen LogP contribution in [0.15, 0.2) is 24.4 Å². The highest BCUT2D eigenvalue weighted by molar-refractivity contribution is 7.14. The Balaban J connectivity index is 2.17. The number of pyridine rings is 1. The maximum absolute atomic E-state index is 12.2. The average molecular weight is 285 g/mol. The van der Waals surface area contributed by atoms with E-state index in [9.17, 15) is 4.79 Å². The number of carbonyl (C=O) groups is 1. The molecule has 0 aliphatic rings. The van der Waals surface area contributed by atoms with Gasteiger partial charge in [0.2, 0.25) is 0 Å². The van der Waals surface area contributed by atoms with E-state index in [1.54, 1.807) is 6.20 Å². The van der Waals surface area contributed by atoms with Gasteiger partial charge in [0.1, 0.15) is 5.82 Å². The van der Waals surface area contributed by atoms with Gasteiger partial charge in [-0.15, -0.1) is 11.3 Å². The Morgan fingerprint density at radius 1 is 1.45 bits per heavy atom. The van der Waals surface area contributed by atoms with Crippen LogP contribution in [0.5, 0.6) is 0 Å². The van der Waals surface area contributed by atoms with Crippen molar-refractivity contribution in [3.63, 3.8) is 0 Å². The molecule has 1 amide bonds. The zero-order chi connectivity index (χ0) is 14.5. The Morgan fingerprint density at radius 2 is 2.25 bits per heavy atom. The van der Waals surface area contributed by atoms with Gasteiger partial charge in [-0.05, 0) is 43.2 Å². The second-order valence-electron chi connectivity index (χ2n) is 4.30. The van der Waals surface area contributed by atoms with Crippen LogP contribution in [-0.2, 0) is 0 Å².